The van der Waals surface area contributed by atoms with E-state index >= 15 is 0 Å². The van der Waals surface area contributed by atoms with Gasteiger partial charge in [0, 0.05) is 36.5 Å². The molecule has 8 nitrogen and oxygen atoms in total. The van der Waals surface area contributed by atoms with E-state index in [1.807, 2.05) is 29.0 Å². The van der Waals surface area contributed by atoms with E-state index in [2.05, 4.69) is 17.4 Å². The summed E-state index contributed by atoms with van der Waals surface area (Å²) in [5.74, 6) is -0.484. The Balaban J connectivity index is 1.50. The topological polar surface area (TPSA) is 108 Å². The number of hydrogen-bond donors (Lipinski definition) is 2. The van der Waals surface area contributed by atoms with Crippen LogP contribution in [0.4, 0.5) is 0 Å². The molecule has 3 aromatic rings. The molecule has 1 atom stereocenters. The summed E-state index contributed by atoms with van der Waals surface area (Å²) >= 11 is 0. The Kier molecular flexibility index (Phi) is 6.91. The molecule has 3 heterocycles. The normalized spacial score (nSPS) is 16.9. The summed E-state index contributed by atoms with van der Waals surface area (Å²) in [6, 6.07) is 9.71. The van der Waals surface area contributed by atoms with Crippen molar-refractivity contribution in [2.45, 2.75) is 31.7 Å². The zero-order valence-corrected chi connectivity index (χ0v) is 17.5. The number of benzene rings is 1. The third kappa shape index (κ3) is 4.76. The second-order valence-corrected chi connectivity index (χ2v) is 7.69. The number of piperidine rings is 1. The lowest BCUT2D eigenvalue weighted by Gasteiger charge is -2.23. The van der Waals surface area contributed by atoms with Gasteiger partial charge in [0.25, 0.3) is 0 Å². The van der Waals surface area contributed by atoms with Gasteiger partial charge in [-0.05, 0) is 37.0 Å². The van der Waals surface area contributed by atoms with Gasteiger partial charge in [-0.1, -0.05) is 18.2 Å². The number of nitrogens with one attached hydrogen (secondary N) is 1. The minimum Gasteiger partial charge on any atom is -0.379 e. The van der Waals surface area contributed by atoms with Crippen LogP contribution in [0.1, 0.15) is 30.9 Å². The standard InChI is InChI=1S/C23H28N4O4/c24-9-11-31-13-12-30-10-3-4-16-14-18-17-5-1-2-6-19(17)27(22(18)25-15-16)20-7-8-21(28)26-23(20)29/h1-2,5-6,14-15,20H,3-4,7-13,24H2,(H,26,28,29). The number of fused-ring (bicyclic) bond motifs is 3. The van der Waals surface area contributed by atoms with Gasteiger partial charge in [0.2, 0.25) is 11.8 Å². The van der Waals surface area contributed by atoms with Crippen molar-refractivity contribution in [3.05, 3.63) is 42.1 Å². The average molecular weight is 425 g/mol. The quantitative estimate of drug-likeness (QED) is 0.381. The van der Waals surface area contributed by atoms with Crippen molar-refractivity contribution in [3.63, 3.8) is 0 Å². The van der Waals surface area contributed by atoms with Crippen LogP contribution >= 0.6 is 0 Å². The van der Waals surface area contributed by atoms with E-state index in [1.54, 1.807) is 0 Å². The Morgan fingerprint density at radius 1 is 1.10 bits per heavy atom. The van der Waals surface area contributed by atoms with Gasteiger partial charge >= 0.3 is 0 Å². The minimum absolute atomic E-state index is 0.217. The van der Waals surface area contributed by atoms with Crippen molar-refractivity contribution in [2.24, 2.45) is 5.73 Å². The Bertz CT molecular complexity index is 1080. The SMILES string of the molecule is NCCOCCOCCCc1cnc2c(c1)c1ccccc1n2C1CCC(=O)NC1=O. The lowest BCUT2D eigenvalue weighted by Crippen LogP contribution is -2.41. The largest absolute Gasteiger partial charge is 0.379 e. The fraction of sp³-hybridized carbons (Fsp3) is 0.435. The number of nitrogens with zero attached hydrogens (tertiary/aromatic N) is 2. The number of aryl methyl sites for hydroxylation is 1. The molecule has 0 radical (unpaired) electrons. The zero-order valence-electron chi connectivity index (χ0n) is 17.5. The van der Waals surface area contributed by atoms with Crippen LogP contribution in [0.25, 0.3) is 21.9 Å². The maximum absolute atomic E-state index is 12.5. The number of nitrogens with two attached hydrogens (primary N) is 1. The maximum Gasteiger partial charge on any atom is 0.249 e. The van der Waals surface area contributed by atoms with Crippen molar-refractivity contribution in [3.8, 4) is 0 Å². The number of imide groups is 1. The summed E-state index contributed by atoms with van der Waals surface area (Å²) in [6.07, 6.45) is 4.42. The number of amides is 2. The molecule has 31 heavy (non-hydrogen) atoms. The van der Waals surface area contributed by atoms with Crippen LogP contribution in [0.15, 0.2) is 36.5 Å². The highest BCUT2D eigenvalue weighted by atomic mass is 16.5. The molecule has 0 spiro atoms. The first-order valence-corrected chi connectivity index (χ1v) is 10.8. The van der Waals surface area contributed by atoms with Crippen LogP contribution in [0, 0.1) is 0 Å². The highest BCUT2D eigenvalue weighted by Crippen LogP contribution is 2.33. The zero-order chi connectivity index (χ0) is 21.6. The first kappa shape index (κ1) is 21.4. The Morgan fingerprint density at radius 3 is 2.71 bits per heavy atom. The van der Waals surface area contributed by atoms with E-state index in [1.165, 1.54) is 0 Å². The summed E-state index contributed by atoms with van der Waals surface area (Å²) in [6.45, 7) is 2.86. The van der Waals surface area contributed by atoms with E-state index < -0.39 is 6.04 Å². The lowest BCUT2D eigenvalue weighted by molar-refractivity contribution is -0.135. The molecule has 1 aliphatic heterocycles. The predicted octanol–water partition coefficient (Wildman–Crippen LogP) is 2.09. The highest BCUT2D eigenvalue weighted by molar-refractivity contribution is 6.09. The molecule has 164 valence electrons. The van der Waals surface area contributed by atoms with Crippen molar-refractivity contribution < 1.29 is 19.1 Å². The monoisotopic (exact) mass is 424 g/mol. The Morgan fingerprint density at radius 2 is 1.90 bits per heavy atom. The molecule has 1 saturated heterocycles. The lowest BCUT2D eigenvalue weighted by atomic mass is 10.1. The fourth-order valence-corrected chi connectivity index (χ4v) is 4.08. The van der Waals surface area contributed by atoms with Gasteiger partial charge in [0.05, 0.1) is 25.3 Å². The van der Waals surface area contributed by atoms with Gasteiger partial charge in [-0.15, -0.1) is 0 Å². The second-order valence-electron chi connectivity index (χ2n) is 7.69. The first-order valence-electron chi connectivity index (χ1n) is 10.8. The number of aromatic nitrogens is 2. The Labute approximate surface area is 180 Å². The molecular formula is C23H28N4O4. The number of carbonyl (C=O) groups excluding carboxylic acids is 2. The molecule has 4 rings (SSSR count). The molecule has 1 aromatic carbocycles. The molecule has 2 aromatic heterocycles. The van der Waals surface area contributed by atoms with Gasteiger partial charge in [-0.25, -0.2) is 4.98 Å². The van der Waals surface area contributed by atoms with Crippen LogP contribution < -0.4 is 11.1 Å². The smallest absolute Gasteiger partial charge is 0.249 e. The number of pyridine rings is 1. The molecule has 2 amide bonds. The van der Waals surface area contributed by atoms with Crippen LogP contribution in [-0.4, -0.2) is 54.3 Å². The molecular weight excluding hydrogens is 396 g/mol. The van der Waals surface area contributed by atoms with Crippen molar-refractivity contribution in [1.29, 1.82) is 0 Å². The van der Waals surface area contributed by atoms with E-state index in [0.717, 1.165) is 40.3 Å². The number of carbonyl (C=O) groups is 2. The van der Waals surface area contributed by atoms with Crippen LogP contribution in [0.2, 0.25) is 0 Å². The minimum atomic E-state index is -0.437. The van der Waals surface area contributed by atoms with Crippen LogP contribution in [0.3, 0.4) is 0 Å². The average Bonchev–Trinajstić information content (AvgIpc) is 3.09. The summed E-state index contributed by atoms with van der Waals surface area (Å²) in [5, 5.41) is 4.54. The van der Waals surface area contributed by atoms with Crippen LogP contribution in [-0.2, 0) is 25.5 Å². The van der Waals surface area contributed by atoms with Crippen molar-refractivity contribution in [2.75, 3.05) is 33.0 Å². The molecule has 1 aliphatic rings. The van der Waals surface area contributed by atoms with Crippen LogP contribution in [0.5, 0.6) is 0 Å². The number of rotatable bonds is 10. The molecule has 3 N–H and O–H groups in total. The van der Waals surface area contributed by atoms with Gasteiger partial charge in [-0.2, -0.15) is 0 Å². The van der Waals surface area contributed by atoms with E-state index in [9.17, 15) is 9.59 Å². The van der Waals surface area contributed by atoms with E-state index in [-0.39, 0.29) is 11.8 Å². The van der Waals surface area contributed by atoms with Gasteiger partial charge in [0.1, 0.15) is 11.7 Å². The van der Waals surface area contributed by atoms with Crippen molar-refractivity contribution >= 4 is 33.8 Å². The number of ether oxygens (including phenoxy) is 2. The molecule has 1 fully saturated rings. The molecule has 0 aliphatic carbocycles. The number of hydrogen-bond acceptors (Lipinski definition) is 6. The number of para-hydroxylation sites is 1. The highest BCUT2D eigenvalue weighted by Gasteiger charge is 2.30. The summed E-state index contributed by atoms with van der Waals surface area (Å²) in [7, 11) is 0. The van der Waals surface area contributed by atoms with E-state index in [0.29, 0.717) is 45.8 Å². The molecule has 1 unspecified atom stereocenters. The second kappa shape index (κ2) is 10.00. The molecule has 0 saturated carbocycles. The van der Waals surface area contributed by atoms with Crippen molar-refractivity contribution in [1.82, 2.24) is 14.9 Å². The van der Waals surface area contributed by atoms with Gasteiger partial charge in [0.15, 0.2) is 0 Å². The van der Waals surface area contributed by atoms with Gasteiger partial charge < -0.3 is 19.8 Å². The molecule has 8 heteroatoms. The third-order valence-electron chi connectivity index (χ3n) is 5.52. The fourth-order valence-electron chi connectivity index (χ4n) is 4.08. The first-order chi connectivity index (χ1) is 15.2. The summed E-state index contributed by atoms with van der Waals surface area (Å²) in [5.41, 5.74) is 8.23. The van der Waals surface area contributed by atoms with E-state index in [4.69, 9.17) is 20.2 Å². The van der Waals surface area contributed by atoms with Gasteiger partial charge in [-0.3, -0.25) is 14.9 Å². The summed E-state index contributed by atoms with van der Waals surface area (Å²) in [4.78, 5) is 28.8. The Hall–Kier alpha value is -2.81. The molecule has 0 bridgehead atoms. The third-order valence-corrected chi connectivity index (χ3v) is 5.52. The maximum atomic E-state index is 12.5. The summed E-state index contributed by atoms with van der Waals surface area (Å²) < 4.78 is 12.9. The predicted molar refractivity (Wildman–Crippen MR) is 118 cm³/mol.